The molecule has 8 heteroatoms. The normalized spacial score (nSPS) is 13.5. The molecular weight excluding hydrogens is 450 g/mol. The van der Waals surface area contributed by atoms with Crippen molar-refractivity contribution in [3.8, 4) is 5.75 Å². The Bertz CT molecular complexity index is 876. The lowest BCUT2D eigenvalue weighted by molar-refractivity contribution is -0.133. The zero-order valence-corrected chi connectivity index (χ0v) is 18.7. The number of hydrogen-bond donors (Lipinski definition) is 3. The van der Waals surface area contributed by atoms with Gasteiger partial charge in [0.15, 0.2) is 6.10 Å². The van der Waals surface area contributed by atoms with E-state index in [1.165, 1.54) is 0 Å². The van der Waals surface area contributed by atoms with Crippen LogP contribution in [0.1, 0.15) is 37.6 Å². The zero-order valence-electron chi connectivity index (χ0n) is 17.1. The average Bonchev–Trinajstić information content (AvgIpc) is 2.75. The summed E-state index contributed by atoms with van der Waals surface area (Å²) in [6.07, 6.45) is -0.163. The van der Waals surface area contributed by atoms with Crippen molar-refractivity contribution in [2.45, 2.75) is 39.3 Å². The van der Waals surface area contributed by atoms with Gasteiger partial charge in [0, 0.05) is 10.0 Å². The summed E-state index contributed by atoms with van der Waals surface area (Å²) in [5.41, 5.74) is 5.21. The minimum absolute atomic E-state index is 0.134. The lowest BCUT2D eigenvalue weighted by Crippen LogP contribution is -2.56. The van der Waals surface area contributed by atoms with E-state index in [-0.39, 0.29) is 11.8 Å². The van der Waals surface area contributed by atoms with Gasteiger partial charge < -0.3 is 10.1 Å². The summed E-state index contributed by atoms with van der Waals surface area (Å²) in [6.45, 7) is 5.36. The summed E-state index contributed by atoms with van der Waals surface area (Å²) < 4.78 is 6.40. The molecule has 0 saturated carbocycles. The molecule has 0 heterocycles. The molecule has 0 aliphatic heterocycles. The maximum atomic E-state index is 12.7. The summed E-state index contributed by atoms with van der Waals surface area (Å²) in [5.74, 6) is -0.984. The monoisotopic (exact) mass is 475 g/mol. The lowest BCUT2D eigenvalue weighted by atomic mass is 9.98. The third kappa shape index (κ3) is 6.88. The molecule has 30 heavy (non-hydrogen) atoms. The molecule has 0 saturated heterocycles. The maximum absolute atomic E-state index is 12.7. The van der Waals surface area contributed by atoms with E-state index in [0.717, 1.165) is 4.47 Å². The van der Waals surface area contributed by atoms with Crippen molar-refractivity contribution in [3.05, 3.63) is 64.6 Å². The van der Waals surface area contributed by atoms with Crippen LogP contribution in [0.4, 0.5) is 0 Å². The largest absolute Gasteiger partial charge is 0.481 e. The van der Waals surface area contributed by atoms with E-state index in [0.29, 0.717) is 17.7 Å². The highest BCUT2D eigenvalue weighted by atomic mass is 79.9. The van der Waals surface area contributed by atoms with Gasteiger partial charge in [-0.2, -0.15) is 0 Å². The second-order valence-corrected chi connectivity index (χ2v) is 7.81. The first-order chi connectivity index (χ1) is 14.3. The summed E-state index contributed by atoms with van der Waals surface area (Å²) in [4.78, 5) is 37.4. The van der Waals surface area contributed by atoms with Crippen molar-refractivity contribution in [1.29, 1.82) is 0 Å². The van der Waals surface area contributed by atoms with E-state index in [4.69, 9.17) is 4.74 Å². The van der Waals surface area contributed by atoms with Crippen molar-refractivity contribution in [3.63, 3.8) is 0 Å². The van der Waals surface area contributed by atoms with Gasteiger partial charge in [-0.05, 0) is 43.2 Å². The Balaban J connectivity index is 1.94. The van der Waals surface area contributed by atoms with Crippen LogP contribution in [-0.2, 0) is 9.59 Å². The fourth-order valence-electron chi connectivity index (χ4n) is 2.62. The van der Waals surface area contributed by atoms with Crippen molar-refractivity contribution >= 4 is 33.7 Å². The van der Waals surface area contributed by atoms with Gasteiger partial charge in [0.2, 0.25) is 0 Å². The first-order valence-corrected chi connectivity index (χ1v) is 10.5. The predicted molar refractivity (Wildman–Crippen MR) is 118 cm³/mol. The number of rotatable bonds is 8. The highest BCUT2D eigenvalue weighted by Crippen LogP contribution is 2.18. The molecule has 3 amide bonds. The SMILES string of the molecule is CC[C@H](C)[C@@H](NC(=O)c1ccccc1)C(=O)NNC(=O)[C@H](C)Oc1cccc(Br)c1. The van der Waals surface area contributed by atoms with Crippen LogP contribution in [0.3, 0.4) is 0 Å². The molecule has 2 rings (SSSR count). The van der Waals surface area contributed by atoms with Gasteiger partial charge in [0.25, 0.3) is 17.7 Å². The number of hydrogen-bond acceptors (Lipinski definition) is 4. The minimum atomic E-state index is -0.833. The highest BCUT2D eigenvalue weighted by molar-refractivity contribution is 9.10. The standard InChI is InChI=1S/C22H26BrN3O4/c1-4-14(2)19(24-21(28)16-9-6-5-7-10-16)22(29)26-25-20(27)15(3)30-18-12-8-11-17(23)13-18/h5-15,19H,4H2,1-3H3,(H,24,28)(H,25,27)(H,26,29)/t14-,15-,19+/m0/s1. The Labute approximate surface area is 184 Å². The molecule has 0 fully saturated rings. The Hall–Kier alpha value is -2.87. The second-order valence-electron chi connectivity index (χ2n) is 6.90. The van der Waals surface area contributed by atoms with Crippen molar-refractivity contribution in [2.75, 3.05) is 0 Å². The van der Waals surface area contributed by atoms with E-state index in [2.05, 4.69) is 32.1 Å². The van der Waals surface area contributed by atoms with E-state index >= 15 is 0 Å². The molecule has 0 unspecified atom stereocenters. The number of benzene rings is 2. The van der Waals surface area contributed by atoms with Crippen LogP contribution in [0.5, 0.6) is 5.75 Å². The number of amides is 3. The maximum Gasteiger partial charge on any atom is 0.279 e. The van der Waals surface area contributed by atoms with Gasteiger partial charge in [-0.3, -0.25) is 25.2 Å². The summed E-state index contributed by atoms with van der Waals surface area (Å²) in [7, 11) is 0. The summed E-state index contributed by atoms with van der Waals surface area (Å²) in [5, 5.41) is 2.74. The van der Waals surface area contributed by atoms with E-state index in [1.54, 1.807) is 49.4 Å². The Kier molecular flexibility index (Phi) is 8.86. The number of halogens is 1. The third-order valence-electron chi connectivity index (χ3n) is 4.61. The molecule has 2 aromatic rings. The van der Waals surface area contributed by atoms with Crippen molar-refractivity contribution in [2.24, 2.45) is 5.92 Å². The van der Waals surface area contributed by atoms with E-state index < -0.39 is 24.0 Å². The highest BCUT2D eigenvalue weighted by Gasteiger charge is 2.27. The molecule has 3 N–H and O–H groups in total. The summed E-state index contributed by atoms with van der Waals surface area (Å²) in [6, 6.07) is 14.9. The number of nitrogens with one attached hydrogen (secondary N) is 3. The number of hydrazine groups is 1. The lowest BCUT2D eigenvalue weighted by Gasteiger charge is -2.24. The number of ether oxygens (including phenoxy) is 1. The second kappa shape index (κ2) is 11.3. The molecule has 0 aliphatic carbocycles. The molecule has 0 aromatic heterocycles. The topological polar surface area (TPSA) is 96.5 Å². The molecular formula is C22H26BrN3O4. The Morgan fingerprint density at radius 1 is 0.967 bits per heavy atom. The van der Waals surface area contributed by atoms with Gasteiger partial charge in [-0.15, -0.1) is 0 Å². The Morgan fingerprint density at radius 2 is 1.63 bits per heavy atom. The molecule has 0 aliphatic rings. The van der Waals surface area contributed by atoms with Gasteiger partial charge >= 0.3 is 0 Å². The third-order valence-corrected chi connectivity index (χ3v) is 5.10. The van der Waals surface area contributed by atoms with E-state index in [9.17, 15) is 14.4 Å². The van der Waals surface area contributed by atoms with Crippen LogP contribution >= 0.6 is 15.9 Å². The van der Waals surface area contributed by atoms with Crippen LogP contribution in [0.2, 0.25) is 0 Å². The fraction of sp³-hybridized carbons (Fsp3) is 0.318. The zero-order chi connectivity index (χ0) is 22.1. The first-order valence-electron chi connectivity index (χ1n) is 9.69. The molecule has 0 radical (unpaired) electrons. The van der Waals surface area contributed by atoms with Crippen LogP contribution in [0.15, 0.2) is 59.1 Å². The fourth-order valence-corrected chi connectivity index (χ4v) is 2.99. The number of carbonyl (C=O) groups excluding carboxylic acids is 3. The smallest absolute Gasteiger partial charge is 0.279 e. The molecule has 7 nitrogen and oxygen atoms in total. The molecule has 0 bridgehead atoms. The Morgan fingerprint density at radius 3 is 2.27 bits per heavy atom. The quantitative estimate of drug-likeness (QED) is 0.510. The average molecular weight is 476 g/mol. The van der Waals surface area contributed by atoms with E-state index in [1.807, 2.05) is 26.0 Å². The predicted octanol–water partition coefficient (Wildman–Crippen LogP) is 3.21. The van der Waals surface area contributed by atoms with Crippen molar-refractivity contribution in [1.82, 2.24) is 16.2 Å². The van der Waals surface area contributed by atoms with Crippen LogP contribution in [0.25, 0.3) is 0 Å². The van der Waals surface area contributed by atoms with Gasteiger partial charge in [0.05, 0.1) is 0 Å². The number of carbonyl (C=O) groups is 3. The van der Waals surface area contributed by atoms with Crippen LogP contribution in [0, 0.1) is 5.92 Å². The van der Waals surface area contributed by atoms with Crippen LogP contribution < -0.4 is 20.9 Å². The van der Waals surface area contributed by atoms with Gasteiger partial charge in [-0.25, -0.2) is 0 Å². The van der Waals surface area contributed by atoms with Crippen LogP contribution in [-0.4, -0.2) is 29.9 Å². The van der Waals surface area contributed by atoms with Gasteiger partial charge in [0.1, 0.15) is 11.8 Å². The van der Waals surface area contributed by atoms with Crippen molar-refractivity contribution < 1.29 is 19.1 Å². The van der Waals surface area contributed by atoms with Gasteiger partial charge in [-0.1, -0.05) is 60.5 Å². The molecule has 3 atom stereocenters. The summed E-state index contributed by atoms with van der Waals surface area (Å²) >= 11 is 3.34. The molecule has 2 aromatic carbocycles. The minimum Gasteiger partial charge on any atom is -0.481 e. The molecule has 0 spiro atoms. The first kappa shape index (κ1) is 23.4. The molecule has 160 valence electrons.